The van der Waals surface area contributed by atoms with E-state index < -0.39 is 34.1 Å². The highest BCUT2D eigenvalue weighted by atomic mass is 35.5. The van der Waals surface area contributed by atoms with Gasteiger partial charge in [-0.25, -0.2) is 8.42 Å². The summed E-state index contributed by atoms with van der Waals surface area (Å²) in [5.41, 5.74) is 0.207. The fourth-order valence-electron chi connectivity index (χ4n) is 3.76. The van der Waals surface area contributed by atoms with Crippen molar-refractivity contribution in [1.82, 2.24) is 10.2 Å². The highest BCUT2D eigenvalue weighted by Crippen LogP contribution is 2.35. The molecule has 0 spiro atoms. The van der Waals surface area contributed by atoms with Crippen LogP contribution in [-0.2, 0) is 26.2 Å². The lowest BCUT2D eigenvalue weighted by Gasteiger charge is -2.33. The molecule has 0 fully saturated rings. The first-order valence-electron chi connectivity index (χ1n) is 12.1. The predicted molar refractivity (Wildman–Crippen MR) is 157 cm³/mol. The summed E-state index contributed by atoms with van der Waals surface area (Å²) in [7, 11) is -4.25. The van der Waals surface area contributed by atoms with Gasteiger partial charge in [0.1, 0.15) is 12.6 Å². The molecule has 0 aliphatic rings. The molecule has 0 bridgehead atoms. The Balaban J connectivity index is 2.06. The largest absolute Gasteiger partial charge is 0.350 e. The fourth-order valence-corrected chi connectivity index (χ4v) is 5.78. The zero-order valence-electron chi connectivity index (χ0n) is 22.0. The minimum absolute atomic E-state index is 0.0192. The van der Waals surface area contributed by atoms with Gasteiger partial charge in [-0.05, 0) is 69.7 Å². The Hall–Kier alpha value is -2.78. The van der Waals surface area contributed by atoms with Gasteiger partial charge in [0.2, 0.25) is 11.8 Å². The van der Waals surface area contributed by atoms with Gasteiger partial charge in [0.05, 0.1) is 20.6 Å². The Morgan fingerprint density at radius 1 is 0.897 bits per heavy atom. The normalized spacial score (nSPS) is 12.5. The summed E-state index contributed by atoms with van der Waals surface area (Å²) >= 11 is 18.7. The van der Waals surface area contributed by atoms with Gasteiger partial charge in [0, 0.05) is 17.1 Å². The number of benzene rings is 3. The van der Waals surface area contributed by atoms with E-state index in [0.29, 0.717) is 10.6 Å². The Labute approximate surface area is 244 Å². The molecule has 0 radical (unpaired) electrons. The van der Waals surface area contributed by atoms with E-state index in [1.54, 1.807) is 55.5 Å². The average Bonchev–Trinajstić information content (AvgIpc) is 2.87. The van der Waals surface area contributed by atoms with Gasteiger partial charge < -0.3 is 10.2 Å². The van der Waals surface area contributed by atoms with Crippen LogP contribution < -0.4 is 9.62 Å². The molecule has 0 unspecified atom stereocenters. The minimum Gasteiger partial charge on any atom is -0.350 e. The van der Waals surface area contributed by atoms with Gasteiger partial charge >= 0.3 is 0 Å². The molecule has 208 valence electrons. The third-order valence-corrected chi connectivity index (χ3v) is 8.58. The van der Waals surface area contributed by atoms with E-state index in [4.69, 9.17) is 34.8 Å². The van der Waals surface area contributed by atoms with Crippen molar-refractivity contribution < 1.29 is 18.0 Å². The van der Waals surface area contributed by atoms with Crippen molar-refractivity contribution in [2.45, 2.75) is 50.7 Å². The standard InChI is InChI=1S/C28H30Cl3N3O4S/c1-19(27(36)32-28(2,3)4)33(17-20-13-15-21(29)16-14-20)25(35)18-34(24-12-8-11-23(30)26(24)31)39(37,38)22-9-6-5-7-10-22/h5-16,19H,17-18H2,1-4H3,(H,32,36)/t19-/m1/s1. The lowest BCUT2D eigenvalue weighted by atomic mass is 10.1. The summed E-state index contributed by atoms with van der Waals surface area (Å²) in [6, 6.07) is 18.2. The smallest absolute Gasteiger partial charge is 0.264 e. The second-order valence-electron chi connectivity index (χ2n) is 9.96. The monoisotopic (exact) mass is 609 g/mol. The third-order valence-electron chi connectivity index (χ3n) is 5.74. The molecule has 7 nitrogen and oxygen atoms in total. The van der Waals surface area contributed by atoms with Gasteiger partial charge in [-0.1, -0.05) is 71.2 Å². The van der Waals surface area contributed by atoms with Crippen LogP contribution in [0, 0.1) is 0 Å². The lowest BCUT2D eigenvalue weighted by molar-refractivity contribution is -0.140. The van der Waals surface area contributed by atoms with Crippen molar-refractivity contribution in [3.63, 3.8) is 0 Å². The topological polar surface area (TPSA) is 86.8 Å². The molecule has 3 rings (SSSR count). The van der Waals surface area contributed by atoms with Crippen LogP contribution in [0.1, 0.15) is 33.3 Å². The van der Waals surface area contributed by atoms with E-state index in [-0.39, 0.29) is 33.1 Å². The van der Waals surface area contributed by atoms with E-state index in [1.165, 1.54) is 29.2 Å². The lowest BCUT2D eigenvalue weighted by Crippen LogP contribution is -2.54. The Bertz CT molecular complexity index is 1430. The first-order chi connectivity index (χ1) is 18.2. The third kappa shape index (κ3) is 7.88. The van der Waals surface area contributed by atoms with Crippen LogP contribution in [-0.4, -0.2) is 43.3 Å². The number of carbonyl (C=O) groups excluding carboxylic acids is 2. The SMILES string of the molecule is C[C@H](C(=O)NC(C)(C)C)N(Cc1ccc(Cl)cc1)C(=O)CN(c1cccc(Cl)c1Cl)S(=O)(=O)c1ccccc1. The molecule has 0 saturated carbocycles. The van der Waals surface area contributed by atoms with E-state index in [9.17, 15) is 18.0 Å². The molecule has 39 heavy (non-hydrogen) atoms. The quantitative estimate of drug-likeness (QED) is 0.314. The molecular formula is C28H30Cl3N3O4S. The summed E-state index contributed by atoms with van der Waals surface area (Å²) in [6.45, 7) is 6.50. The molecule has 0 saturated heterocycles. The molecule has 0 aliphatic heterocycles. The highest BCUT2D eigenvalue weighted by Gasteiger charge is 2.34. The van der Waals surface area contributed by atoms with Crippen LogP contribution in [0.25, 0.3) is 0 Å². The number of halogens is 3. The number of hydrogen-bond acceptors (Lipinski definition) is 4. The van der Waals surface area contributed by atoms with E-state index in [0.717, 1.165) is 4.31 Å². The summed E-state index contributed by atoms with van der Waals surface area (Å²) in [5.74, 6) is -1.000. The number of sulfonamides is 1. The van der Waals surface area contributed by atoms with Crippen molar-refractivity contribution in [2.24, 2.45) is 0 Å². The molecule has 0 aromatic heterocycles. The summed E-state index contributed by atoms with van der Waals surface area (Å²) in [4.78, 5) is 28.3. The van der Waals surface area contributed by atoms with Crippen molar-refractivity contribution in [3.8, 4) is 0 Å². The van der Waals surface area contributed by atoms with E-state index >= 15 is 0 Å². The number of hydrogen-bond donors (Lipinski definition) is 1. The molecule has 11 heteroatoms. The first-order valence-corrected chi connectivity index (χ1v) is 14.7. The zero-order valence-corrected chi connectivity index (χ0v) is 25.1. The number of anilines is 1. The summed E-state index contributed by atoms with van der Waals surface area (Å²) < 4.78 is 28.5. The number of rotatable bonds is 9. The van der Waals surface area contributed by atoms with Crippen LogP contribution in [0.5, 0.6) is 0 Å². The van der Waals surface area contributed by atoms with Crippen LogP contribution in [0.3, 0.4) is 0 Å². The van der Waals surface area contributed by atoms with E-state index in [1.807, 2.05) is 20.8 Å². The Morgan fingerprint density at radius 2 is 1.51 bits per heavy atom. The zero-order chi connectivity index (χ0) is 29.0. The molecule has 2 amide bonds. The second kappa shape index (κ2) is 12.6. The number of amides is 2. The molecule has 3 aromatic carbocycles. The Morgan fingerprint density at radius 3 is 2.10 bits per heavy atom. The fraction of sp³-hybridized carbons (Fsp3) is 0.286. The number of nitrogens with one attached hydrogen (secondary N) is 1. The molecular weight excluding hydrogens is 581 g/mol. The molecule has 1 N–H and O–H groups in total. The van der Waals surface area contributed by atoms with Crippen LogP contribution in [0.15, 0.2) is 77.7 Å². The van der Waals surface area contributed by atoms with Crippen molar-refractivity contribution in [3.05, 3.63) is 93.4 Å². The summed E-state index contributed by atoms with van der Waals surface area (Å²) in [6.07, 6.45) is 0. The number of nitrogens with zero attached hydrogens (tertiary/aromatic N) is 2. The number of carbonyl (C=O) groups is 2. The maximum Gasteiger partial charge on any atom is 0.264 e. The molecule has 0 aliphatic carbocycles. The second-order valence-corrected chi connectivity index (χ2v) is 13.0. The molecule has 3 aromatic rings. The molecule has 0 heterocycles. The van der Waals surface area contributed by atoms with Gasteiger partial charge in [0.25, 0.3) is 10.0 Å². The van der Waals surface area contributed by atoms with Crippen LogP contribution >= 0.6 is 34.8 Å². The van der Waals surface area contributed by atoms with Gasteiger partial charge in [-0.2, -0.15) is 0 Å². The molecule has 1 atom stereocenters. The first kappa shape index (κ1) is 30.8. The van der Waals surface area contributed by atoms with Gasteiger partial charge in [0.15, 0.2) is 0 Å². The minimum atomic E-state index is -4.25. The highest BCUT2D eigenvalue weighted by molar-refractivity contribution is 7.92. The van der Waals surface area contributed by atoms with Gasteiger partial charge in [-0.3, -0.25) is 13.9 Å². The maximum absolute atomic E-state index is 13.9. The van der Waals surface area contributed by atoms with Crippen LogP contribution in [0.2, 0.25) is 15.1 Å². The summed E-state index contributed by atoms with van der Waals surface area (Å²) in [5, 5.41) is 3.51. The maximum atomic E-state index is 13.9. The van der Waals surface area contributed by atoms with E-state index in [2.05, 4.69) is 5.32 Å². The van der Waals surface area contributed by atoms with Crippen molar-refractivity contribution in [2.75, 3.05) is 10.8 Å². The van der Waals surface area contributed by atoms with Crippen molar-refractivity contribution >= 4 is 62.3 Å². The van der Waals surface area contributed by atoms with Crippen molar-refractivity contribution in [1.29, 1.82) is 0 Å². The Kier molecular flexibility index (Phi) is 9.93. The van der Waals surface area contributed by atoms with Gasteiger partial charge in [-0.15, -0.1) is 0 Å². The average molecular weight is 611 g/mol. The predicted octanol–water partition coefficient (Wildman–Crippen LogP) is 6.17. The van der Waals surface area contributed by atoms with Crippen LogP contribution in [0.4, 0.5) is 5.69 Å².